The summed E-state index contributed by atoms with van der Waals surface area (Å²) in [7, 11) is 1.76. The van der Waals surface area contributed by atoms with E-state index in [9.17, 15) is 9.59 Å². The quantitative estimate of drug-likeness (QED) is 0.710. The van der Waals surface area contributed by atoms with Crippen molar-refractivity contribution >= 4 is 16.9 Å². The molecule has 7 heteroatoms. The predicted molar refractivity (Wildman–Crippen MR) is 111 cm³/mol. The molecule has 1 aromatic carbocycles. The van der Waals surface area contributed by atoms with Crippen LogP contribution >= 0.6 is 0 Å². The molecule has 1 amide bonds. The summed E-state index contributed by atoms with van der Waals surface area (Å²) in [6.07, 6.45) is 2.17. The Balaban J connectivity index is 1.54. The third kappa shape index (κ3) is 3.06. The highest BCUT2D eigenvalue weighted by atomic mass is 16.2. The summed E-state index contributed by atoms with van der Waals surface area (Å²) < 4.78 is 1.61. The van der Waals surface area contributed by atoms with Gasteiger partial charge < -0.3 is 10.6 Å². The van der Waals surface area contributed by atoms with E-state index in [0.29, 0.717) is 42.1 Å². The molecule has 2 aliphatic rings. The first-order valence-corrected chi connectivity index (χ1v) is 10.2. The lowest BCUT2D eigenvalue weighted by molar-refractivity contribution is 0.0788. The summed E-state index contributed by atoms with van der Waals surface area (Å²) in [5.74, 6) is 0.700. The first-order valence-electron chi connectivity index (χ1n) is 10.2. The molecule has 0 unspecified atom stereocenters. The second-order valence-corrected chi connectivity index (χ2v) is 8.29. The molecule has 1 aliphatic heterocycles. The monoisotopic (exact) mass is 391 g/mol. The fourth-order valence-corrected chi connectivity index (χ4v) is 4.56. The third-order valence-electron chi connectivity index (χ3n) is 6.32. The number of fused-ring (bicyclic) bond motifs is 1. The Morgan fingerprint density at radius 2 is 2.00 bits per heavy atom. The van der Waals surface area contributed by atoms with Crippen LogP contribution in [0.15, 0.2) is 41.2 Å². The molecule has 1 saturated carbocycles. The summed E-state index contributed by atoms with van der Waals surface area (Å²) >= 11 is 0. The van der Waals surface area contributed by atoms with E-state index in [-0.39, 0.29) is 23.3 Å². The van der Waals surface area contributed by atoms with Crippen molar-refractivity contribution in [3.63, 3.8) is 0 Å². The van der Waals surface area contributed by atoms with Gasteiger partial charge in [0.25, 0.3) is 11.5 Å². The zero-order valence-electron chi connectivity index (χ0n) is 16.5. The van der Waals surface area contributed by atoms with Gasteiger partial charge in [0.1, 0.15) is 0 Å². The minimum absolute atomic E-state index is 0.104. The van der Waals surface area contributed by atoms with Gasteiger partial charge in [-0.25, -0.2) is 4.98 Å². The molecule has 1 saturated heterocycles. The Hall–Kier alpha value is -2.93. The van der Waals surface area contributed by atoms with Crippen molar-refractivity contribution in [2.45, 2.75) is 24.7 Å². The number of hydrogen-bond donors (Lipinski definition) is 2. The van der Waals surface area contributed by atoms with E-state index >= 15 is 0 Å². The highest BCUT2D eigenvalue weighted by Crippen LogP contribution is 2.40. The van der Waals surface area contributed by atoms with Gasteiger partial charge in [-0.05, 0) is 36.9 Å². The SMILES string of the molecule is Cn1[nH]c(=O)c2c(C(=O)N3C[C@@H](CN)[C@H](c4ccccc4)C3)cc(C3CC3)nc21. The van der Waals surface area contributed by atoms with Crippen LogP contribution in [0.2, 0.25) is 0 Å². The summed E-state index contributed by atoms with van der Waals surface area (Å²) in [6, 6.07) is 12.1. The second kappa shape index (κ2) is 6.84. The molecule has 150 valence electrons. The van der Waals surface area contributed by atoms with Crippen molar-refractivity contribution in [1.82, 2.24) is 19.7 Å². The van der Waals surface area contributed by atoms with Crippen molar-refractivity contribution in [3.8, 4) is 0 Å². The molecule has 3 N–H and O–H groups in total. The minimum Gasteiger partial charge on any atom is -0.338 e. The van der Waals surface area contributed by atoms with Gasteiger partial charge in [-0.2, -0.15) is 0 Å². The number of aromatic amines is 1. The molecule has 2 aromatic heterocycles. The summed E-state index contributed by atoms with van der Waals surface area (Å²) in [5.41, 5.74) is 8.90. The number of rotatable bonds is 4. The van der Waals surface area contributed by atoms with E-state index < -0.39 is 0 Å². The van der Waals surface area contributed by atoms with E-state index in [0.717, 1.165) is 18.5 Å². The highest BCUT2D eigenvalue weighted by Gasteiger charge is 2.37. The van der Waals surface area contributed by atoms with Crippen molar-refractivity contribution in [1.29, 1.82) is 0 Å². The second-order valence-electron chi connectivity index (χ2n) is 8.29. The van der Waals surface area contributed by atoms with Gasteiger partial charge in [0.05, 0.1) is 10.9 Å². The molecule has 2 fully saturated rings. The first kappa shape index (κ1) is 18.1. The van der Waals surface area contributed by atoms with Crippen LogP contribution < -0.4 is 11.3 Å². The van der Waals surface area contributed by atoms with Crippen LogP contribution in [0, 0.1) is 5.92 Å². The number of aryl methyl sites for hydroxylation is 1. The molecule has 3 heterocycles. The number of benzene rings is 1. The van der Waals surface area contributed by atoms with E-state index in [1.807, 2.05) is 29.2 Å². The van der Waals surface area contributed by atoms with Crippen molar-refractivity contribution in [3.05, 3.63) is 63.6 Å². The van der Waals surface area contributed by atoms with Gasteiger partial charge in [0, 0.05) is 37.7 Å². The lowest BCUT2D eigenvalue weighted by Crippen LogP contribution is -2.30. The fraction of sp³-hybridized carbons (Fsp3) is 0.409. The van der Waals surface area contributed by atoms with Crippen LogP contribution in [0.25, 0.3) is 11.0 Å². The Morgan fingerprint density at radius 3 is 2.69 bits per heavy atom. The van der Waals surface area contributed by atoms with Crippen LogP contribution in [0.1, 0.15) is 46.3 Å². The number of aromatic nitrogens is 3. The smallest absolute Gasteiger partial charge is 0.274 e. The Kier molecular flexibility index (Phi) is 4.28. The third-order valence-corrected chi connectivity index (χ3v) is 6.32. The number of likely N-dealkylation sites (tertiary alicyclic amines) is 1. The predicted octanol–water partition coefficient (Wildman–Crippen LogP) is 1.95. The lowest BCUT2D eigenvalue weighted by Gasteiger charge is -2.17. The zero-order chi connectivity index (χ0) is 20.1. The van der Waals surface area contributed by atoms with Crippen molar-refractivity contribution in [2.75, 3.05) is 19.6 Å². The topological polar surface area (TPSA) is 97.0 Å². The first-order chi connectivity index (χ1) is 14.1. The molecule has 1 aliphatic carbocycles. The fourth-order valence-electron chi connectivity index (χ4n) is 4.56. The van der Waals surface area contributed by atoms with Gasteiger partial charge in [-0.3, -0.25) is 19.4 Å². The molecule has 0 bridgehead atoms. The molecule has 5 rings (SSSR count). The highest BCUT2D eigenvalue weighted by molar-refractivity contribution is 6.05. The van der Waals surface area contributed by atoms with Gasteiger partial charge in [0.15, 0.2) is 5.65 Å². The normalized spacial score (nSPS) is 21.8. The van der Waals surface area contributed by atoms with E-state index in [2.05, 4.69) is 22.2 Å². The van der Waals surface area contributed by atoms with E-state index in [1.165, 1.54) is 5.56 Å². The van der Waals surface area contributed by atoms with Crippen LogP contribution in [-0.2, 0) is 7.05 Å². The minimum atomic E-state index is -0.269. The lowest BCUT2D eigenvalue weighted by atomic mass is 9.89. The number of nitrogens with two attached hydrogens (primary N) is 1. The van der Waals surface area contributed by atoms with Crippen LogP contribution in [-0.4, -0.2) is 45.2 Å². The van der Waals surface area contributed by atoms with Gasteiger partial charge in [0.2, 0.25) is 0 Å². The molecule has 2 atom stereocenters. The number of carbonyl (C=O) groups excluding carboxylic acids is 1. The maximum absolute atomic E-state index is 13.6. The largest absolute Gasteiger partial charge is 0.338 e. The average Bonchev–Trinajstić information content (AvgIpc) is 3.44. The molecular weight excluding hydrogens is 366 g/mol. The summed E-state index contributed by atoms with van der Waals surface area (Å²) in [6.45, 7) is 1.73. The molecule has 0 radical (unpaired) electrons. The Labute approximate surface area is 168 Å². The number of hydrogen-bond acceptors (Lipinski definition) is 4. The number of pyridine rings is 1. The van der Waals surface area contributed by atoms with Crippen LogP contribution in [0.4, 0.5) is 0 Å². The van der Waals surface area contributed by atoms with Crippen LogP contribution in [0.3, 0.4) is 0 Å². The number of nitrogens with one attached hydrogen (secondary N) is 1. The number of nitrogens with zero attached hydrogens (tertiary/aromatic N) is 3. The molecule has 3 aromatic rings. The summed E-state index contributed by atoms with van der Waals surface area (Å²) in [4.78, 5) is 32.6. The van der Waals surface area contributed by atoms with Gasteiger partial charge >= 0.3 is 0 Å². The van der Waals surface area contributed by atoms with Gasteiger partial charge in [-0.1, -0.05) is 30.3 Å². The maximum atomic E-state index is 13.6. The van der Waals surface area contributed by atoms with Crippen LogP contribution in [0.5, 0.6) is 0 Å². The number of H-pyrrole nitrogens is 1. The standard InChI is InChI=1S/C22H25N5O2/c1-26-20-19(21(28)25-26)16(9-18(24-20)14-7-8-14)22(29)27-11-15(10-23)17(12-27)13-5-3-2-4-6-13/h2-6,9,14-15,17H,7-8,10-12,23H2,1H3,(H,25,28)/t15-,17+/m1/s1. The van der Waals surface area contributed by atoms with E-state index in [1.54, 1.807) is 11.7 Å². The molecule has 0 spiro atoms. The Bertz CT molecular complexity index is 1130. The number of amides is 1. The Morgan fingerprint density at radius 1 is 1.24 bits per heavy atom. The van der Waals surface area contributed by atoms with Crippen molar-refractivity contribution in [2.24, 2.45) is 18.7 Å². The molecule has 29 heavy (non-hydrogen) atoms. The van der Waals surface area contributed by atoms with Gasteiger partial charge in [-0.15, -0.1) is 0 Å². The maximum Gasteiger partial charge on any atom is 0.274 e. The van der Waals surface area contributed by atoms with Crippen molar-refractivity contribution < 1.29 is 4.79 Å². The molecule has 7 nitrogen and oxygen atoms in total. The molecular formula is C22H25N5O2. The zero-order valence-corrected chi connectivity index (χ0v) is 16.5. The van der Waals surface area contributed by atoms with E-state index in [4.69, 9.17) is 5.73 Å². The summed E-state index contributed by atoms with van der Waals surface area (Å²) in [5, 5.41) is 3.13. The average molecular weight is 391 g/mol. The number of carbonyl (C=O) groups is 1.